The molecule has 0 aromatic rings. The second kappa shape index (κ2) is 8.78. The van der Waals surface area contributed by atoms with Gasteiger partial charge >= 0.3 is 6.18 Å². The molecule has 0 aliphatic heterocycles. The largest absolute Gasteiger partial charge is 0.434 e. The number of unbranched alkanes of at least 4 members (excludes halogenated alkanes) is 2. The molecule has 0 bridgehead atoms. The Balaban J connectivity index is 3.77. The molecule has 0 N–H and O–H groups in total. The van der Waals surface area contributed by atoms with Gasteiger partial charge in [0.25, 0.3) is 6.47 Å². The van der Waals surface area contributed by atoms with Crippen molar-refractivity contribution in [2.75, 3.05) is 0 Å². The van der Waals surface area contributed by atoms with Gasteiger partial charge in [-0.2, -0.15) is 13.2 Å². The van der Waals surface area contributed by atoms with Crippen LogP contribution in [0.1, 0.15) is 38.5 Å². The van der Waals surface area contributed by atoms with Crippen LogP contribution in [0.15, 0.2) is 25.0 Å². The zero-order chi connectivity index (χ0) is 14.0. The summed E-state index contributed by atoms with van der Waals surface area (Å²) in [5.74, 6) is -0.951. The Bertz CT molecular complexity index is 272. The van der Waals surface area contributed by atoms with E-state index in [1.165, 1.54) is 6.08 Å². The van der Waals surface area contributed by atoms with Gasteiger partial charge in [-0.05, 0) is 19.3 Å². The zero-order valence-corrected chi connectivity index (χ0v) is 10.3. The van der Waals surface area contributed by atoms with Crippen molar-refractivity contribution in [2.45, 2.75) is 44.7 Å². The first-order valence-corrected chi connectivity index (χ1v) is 5.87. The minimum atomic E-state index is -4.15. The molecule has 0 saturated heterocycles. The normalized spacial score (nSPS) is 12.8. The summed E-state index contributed by atoms with van der Waals surface area (Å²) in [5, 5.41) is 0. The number of halogens is 3. The van der Waals surface area contributed by atoms with E-state index in [0.29, 0.717) is 37.9 Å². The van der Waals surface area contributed by atoms with Gasteiger partial charge in [0, 0.05) is 6.42 Å². The van der Waals surface area contributed by atoms with Crippen LogP contribution in [0.3, 0.4) is 0 Å². The third-order valence-corrected chi connectivity index (χ3v) is 2.64. The maximum atomic E-state index is 12.5. The molecule has 0 aliphatic rings. The van der Waals surface area contributed by atoms with Crippen LogP contribution in [0.5, 0.6) is 0 Å². The highest BCUT2D eigenvalue weighted by molar-refractivity contribution is 5.39. The van der Waals surface area contributed by atoms with Crippen LogP contribution in [0.4, 0.5) is 13.2 Å². The molecule has 0 saturated carbocycles. The molecular formula is C13H19F3O2. The summed E-state index contributed by atoms with van der Waals surface area (Å²) in [6.07, 6.45) is -0.461. The van der Waals surface area contributed by atoms with Crippen LogP contribution in [0.25, 0.3) is 0 Å². The number of carbonyl (C=O) groups is 1. The lowest BCUT2D eigenvalue weighted by molar-refractivity contribution is -0.175. The van der Waals surface area contributed by atoms with Crippen molar-refractivity contribution in [3.05, 3.63) is 25.0 Å². The number of ether oxygens (including phenoxy) is 1. The van der Waals surface area contributed by atoms with Crippen molar-refractivity contribution in [1.82, 2.24) is 0 Å². The Morgan fingerprint density at radius 2 is 1.94 bits per heavy atom. The highest BCUT2D eigenvalue weighted by atomic mass is 19.4. The molecule has 0 rings (SSSR count). The molecule has 104 valence electrons. The minimum absolute atomic E-state index is 0.0372. The molecule has 0 amide bonds. The molecule has 0 unspecified atom stereocenters. The lowest BCUT2D eigenvalue weighted by Gasteiger charge is -2.18. The summed E-state index contributed by atoms with van der Waals surface area (Å²) >= 11 is 0. The van der Waals surface area contributed by atoms with E-state index < -0.39 is 12.1 Å². The Morgan fingerprint density at radius 3 is 2.44 bits per heavy atom. The van der Waals surface area contributed by atoms with Crippen molar-refractivity contribution in [3.8, 4) is 0 Å². The van der Waals surface area contributed by atoms with Crippen LogP contribution in [-0.4, -0.2) is 12.6 Å². The number of hydrogen-bond acceptors (Lipinski definition) is 2. The third-order valence-electron chi connectivity index (χ3n) is 2.64. The van der Waals surface area contributed by atoms with Crippen molar-refractivity contribution < 1.29 is 22.7 Å². The van der Waals surface area contributed by atoms with E-state index in [9.17, 15) is 18.0 Å². The van der Waals surface area contributed by atoms with Crippen molar-refractivity contribution in [2.24, 2.45) is 5.92 Å². The van der Waals surface area contributed by atoms with Crippen LogP contribution >= 0.6 is 0 Å². The number of hydrogen-bond donors (Lipinski definition) is 0. The summed E-state index contributed by atoms with van der Waals surface area (Å²) in [5.41, 5.74) is 0. The van der Waals surface area contributed by atoms with Crippen LogP contribution in [0.2, 0.25) is 0 Å². The van der Waals surface area contributed by atoms with Gasteiger partial charge in [-0.15, -0.1) is 6.58 Å². The van der Waals surface area contributed by atoms with Crippen molar-refractivity contribution in [3.63, 3.8) is 0 Å². The molecule has 5 heteroatoms. The van der Waals surface area contributed by atoms with Crippen LogP contribution < -0.4 is 0 Å². The average molecular weight is 264 g/mol. The minimum Gasteiger partial charge on any atom is -0.434 e. The number of allylic oxidation sites excluding steroid dienone is 2. The number of alkyl halides is 3. The van der Waals surface area contributed by atoms with Gasteiger partial charge in [0.05, 0.1) is 5.92 Å². The highest BCUT2D eigenvalue weighted by Crippen LogP contribution is 2.33. The summed E-state index contributed by atoms with van der Waals surface area (Å²) in [4.78, 5) is 9.96. The predicted molar refractivity (Wildman–Crippen MR) is 63.7 cm³/mol. The molecule has 0 aromatic carbocycles. The van der Waals surface area contributed by atoms with E-state index in [4.69, 9.17) is 0 Å². The maximum Gasteiger partial charge on any atom is 0.392 e. The van der Waals surface area contributed by atoms with Crippen molar-refractivity contribution >= 4 is 6.47 Å². The Labute approximate surface area is 106 Å². The van der Waals surface area contributed by atoms with E-state index in [1.54, 1.807) is 0 Å². The molecule has 1 atom stereocenters. The smallest absolute Gasteiger partial charge is 0.392 e. The fourth-order valence-corrected chi connectivity index (χ4v) is 1.63. The summed E-state index contributed by atoms with van der Waals surface area (Å²) < 4.78 is 42.1. The molecule has 0 radical (unpaired) electrons. The van der Waals surface area contributed by atoms with E-state index in [2.05, 4.69) is 17.9 Å². The molecule has 0 fully saturated rings. The van der Waals surface area contributed by atoms with E-state index in [1.807, 2.05) is 0 Å². The summed E-state index contributed by atoms with van der Waals surface area (Å²) in [6, 6.07) is 0. The second-order valence-electron chi connectivity index (χ2n) is 4.11. The first-order valence-electron chi connectivity index (χ1n) is 5.87. The first kappa shape index (κ1) is 16.7. The second-order valence-corrected chi connectivity index (χ2v) is 4.11. The monoisotopic (exact) mass is 264 g/mol. The third kappa shape index (κ3) is 7.92. The maximum absolute atomic E-state index is 12.5. The number of rotatable bonds is 10. The first-order chi connectivity index (χ1) is 8.41. The van der Waals surface area contributed by atoms with Crippen LogP contribution in [0, 0.1) is 5.92 Å². The Morgan fingerprint density at radius 1 is 1.28 bits per heavy atom. The van der Waals surface area contributed by atoms with Gasteiger partial charge in [0.15, 0.2) is 0 Å². The lowest BCUT2D eigenvalue weighted by Crippen LogP contribution is -2.22. The summed E-state index contributed by atoms with van der Waals surface area (Å²) in [7, 11) is 0. The molecular weight excluding hydrogens is 245 g/mol. The Kier molecular flexibility index (Phi) is 8.16. The molecule has 0 spiro atoms. The quantitative estimate of drug-likeness (QED) is 0.253. The van der Waals surface area contributed by atoms with Crippen LogP contribution in [-0.2, 0) is 9.53 Å². The molecule has 0 heterocycles. The van der Waals surface area contributed by atoms with Gasteiger partial charge in [0.1, 0.15) is 5.76 Å². The van der Waals surface area contributed by atoms with Crippen molar-refractivity contribution in [1.29, 1.82) is 0 Å². The van der Waals surface area contributed by atoms with E-state index in [0.717, 1.165) is 0 Å². The standard InChI is InChI=1S/C13H19F3O2/c1-3-7-12(13(14,15)16)9-6-4-5-8-11(2)18-10-17/h3,10,12H,1-2,4-9H2/t12-/m0/s1. The fourth-order valence-electron chi connectivity index (χ4n) is 1.63. The van der Waals surface area contributed by atoms with Gasteiger partial charge in [-0.1, -0.05) is 25.5 Å². The fraction of sp³-hybridized carbons (Fsp3) is 0.615. The average Bonchev–Trinajstić information content (AvgIpc) is 2.26. The lowest BCUT2D eigenvalue weighted by atomic mass is 9.97. The predicted octanol–water partition coefficient (Wildman–Crippen LogP) is 4.38. The van der Waals surface area contributed by atoms with Gasteiger partial charge in [-0.3, -0.25) is 4.79 Å². The SMILES string of the molecule is C=CC[C@@H](CCCCCC(=C)OC=O)C(F)(F)F. The molecule has 18 heavy (non-hydrogen) atoms. The topological polar surface area (TPSA) is 26.3 Å². The summed E-state index contributed by atoms with van der Waals surface area (Å²) in [6.45, 7) is 7.14. The Hall–Kier alpha value is -1.26. The zero-order valence-electron chi connectivity index (χ0n) is 10.3. The van der Waals surface area contributed by atoms with E-state index >= 15 is 0 Å². The van der Waals surface area contributed by atoms with Gasteiger partial charge < -0.3 is 4.74 Å². The van der Waals surface area contributed by atoms with E-state index in [-0.39, 0.29) is 12.8 Å². The molecule has 0 aliphatic carbocycles. The van der Waals surface area contributed by atoms with Gasteiger partial charge in [-0.25, -0.2) is 0 Å². The number of carbonyl (C=O) groups excluding carboxylic acids is 1. The van der Waals surface area contributed by atoms with Gasteiger partial charge in [0.2, 0.25) is 0 Å². The highest BCUT2D eigenvalue weighted by Gasteiger charge is 2.37. The molecule has 0 aromatic heterocycles. The molecule has 2 nitrogen and oxygen atoms in total.